The van der Waals surface area contributed by atoms with Gasteiger partial charge in [0, 0.05) is 11.6 Å². The second kappa shape index (κ2) is 4.29. The Morgan fingerprint density at radius 1 is 1.53 bits per heavy atom. The van der Waals surface area contributed by atoms with E-state index in [0.717, 1.165) is 0 Å². The summed E-state index contributed by atoms with van der Waals surface area (Å²) in [6.45, 7) is 11.7. The van der Waals surface area contributed by atoms with Crippen molar-refractivity contribution in [3.8, 4) is 11.5 Å². The highest BCUT2D eigenvalue weighted by Crippen LogP contribution is 2.27. The number of aromatic hydroxyl groups is 1. The van der Waals surface area contributed by atoms with E-state index in [1.165, 1.54) is 25.1 Å². The van der Waals surface area contributed by atoms with Crippen LogP contribution in [0.4, 0.5) is 5.69 Å². The molecule has 1 rings (SSSR count). The van der Waals surface area contributed by atoms with Crippen molar-refractivity contribution in [2.24, 2.45) is 0 Å². The van der Waals surface area contributed by atoms with Gasteiger partial charge in [-0.2, -0.15) is 0 Å². The highest BCUT2D eigenvalue weighted by atomic mass is 16.5. The third-order valence-corrected chi connectivity index (χ3v) is 1.56. The van der Waals surface area contributed by atoms with Crippen molar-refractivity contribution in [3.63, 3.8) is 0 Å². The summed E-state index contributed by atoms with van der Waals surface area (Å²) in [6, 6.07) is 3.91. The van der Waals surface area contributed by atoms with Gasteiger partial charge in [-0.3, -0.25) is 0 Å². The van der Waals surface area contributed by atoms with E-state index in [2.05, 4.69) is 11.4 Å². The Hall–Kier alpha value is -2.28. The molecular formula is C11H9NO3. The van der Waals surface area contributed by atoms with E-state index < -0.39 is 5.97 Å². The van der Waals surface area contributed by atoms with Gasteiger partial charge in [0.15, 0.2) is 5.69 Å². The van der Waals surface area contributed by atoms with Crippen LogP contribution in [0.15, 0.2) is 30.4 Å². The van der Waals surface area contributed by atoms with Crippen molar-refractivity contribution in [1.82, 2.24) is 0 Å². The highest BCUT2D eigenvalue weighted by Gasteiger charge is 2.07. The lowest BCUT2D eigenvalue weighted by molar-refractivity contribution is -0.130. The lowest BCUT2D eigenvalue weighted by Crippen LogP contribution is -2.07. The quantitative estimate of drug-likeness (QED) is 0.347. The first-order valence-electron chi connectivity index (χ1n) is 4.12. The number of hydrogen-bond acceptors (Lipinski definition) is 3. The summed E-state index contributed by atoms with van der Waals surface area (Å²) in [5, 5.41) is 9.22. The average Bonchev–Trinajstić information content (AvgIpc) is 2.16. The van der Waals surface area contributed by atoms with E-state index >= 15 is 0 Å². The molecule has 4 heteroatoms. The molecule has 0 aromatic heterocycles. The monoisotopic (exact) mass is 203 g/mol. The first-order valence-corrected chi connectivity index (χ1v) is 4.12. The Morgan fingerprint density at radius 2 is 2.20 bits per heavy atom. The Balaban J connectivity index is 2.96. The SMILES string of the molecule is [C-]#[N+]c1cc(O)cc(OC(=O)C(=C)C)c1. The summed E-state index contributed by atoms with van der Waals surface area (Å²) < 4.78 is 4.86. The van der Waals surface area contributed by atoms with Gasteiger partial charge in [0.05, 0.1) is 6.57 Å². The second-order valence-electron chi connectivity index (χ2n) is 2.97. The third-order valence-electron chi connectivity index (χ3n) is 1.56. The van der Waals surface area contributed by atoms with Crippen LogP contribution in [-0.2, 0) is 4.79 Å². The lowest BCUT2D eigenvalue weighted by Gasteiger charge is -2.04. The number of phenols is 1. The van der Waals surface area contributed by atoms with Gasteiger partial charge in [-0.05, 0) is 19.1 Å². The number of esters is 1. The molecule has 0 bridgehead atoms. The molecule has 0 spiro atoms. The number of ether oxygens (including phenoxy) is 1. The minimum atomic E-state index is -0.587. The number of phenolic OH excluding ortho intramolecular Hbond substituents is 1. The normalized spacial score (nSPS) is 9.07. The molecule has 4 nitrogen and oxygen atoms in total. The maximum Gasteiger partial charge on any atom is 0.338 e. The molecule has 1 N–H and O–H groups in total. The molecule has 0 radical (unpaired) electrons. The van der Waals surface area contributed by atoms with Gasteiger partial charge in [-0.15, -0.1) is 0 Å². The highest BCUT2D eigenvalue weighted by molar-refractivity contribution is 5.89. The maximum absolute atomic E-state index is 11.1. The second-order valence-corrected chi connectivity index (χ2v) is 2.97. The minimum absolute atomic E-state index is 0.118. The van der Waals surface area contributed by atoms with E-state index in [1.807, 2.05) is 0 Å². The smallest absolute Gasteiger partial charge is 0.338 e. The number of rotatable bonds is 2. The van der Waals surface area contributed by atoms with Crippen molar-refractivity contribution in [2.75, 3.05) is 0 Å². The summed E-state index contributed by atoms with van der Waals surface area (Å²) in [7, 11) is 0. The van der Waals surface area contributed by atoms with Crippen molar-refractivity contribution in [3.05, 3.63) is 41.8 Å². The molecule has 1 aromatic rings. The van der Waals surface area contributed by atoms with Crippen LogP contribution >= 0.6 is 0 Å². The first-order chi connectivity index (χ1) is 7.02. The molecule has 0 heterocycles. The predicted molar refractivity (Wildman–Crippen MR) is 54.8 cm³/mol. The van der Waals surface area contributed by atoms with Gasteiger partial charge in [0.25, 0.3) is 0 Å². The van der Waals surface area contributed by atoms with Gasteiger partial charge in [0.1, 0.15) is 11.5 Å². The van der Waals surface area contributed by atoms with Crippen molar-refractivity contribution in [2.45, 2.75) is 6.92 Å². The average molecular weight is 203 g/mol. The van der Waals surface area contributed by atoms with E-state index in [4.69, 9.17) is 11.3 Å². The number of hydrogen-bond donors (Lipinski definition) is 1. The predicted octanol–water partition coefficient (Wildman–Crippen LogP) is 2.42. The first kappa shape index (κ1) is 10.8. The molecule has 15 heavy (non-hydrogen) atoms. The number of benzene rings is 1. The van der Waals surface area contributed by atoms with E-state index in [0.29, 0.717) is 0 Å². The molecule has 1 aromatic carbocycles. The van der Waals surface area contributed by atoms with Crippen molar-refractivity contribution in [1.29, 1.82) is 0 Å². The van der Waals surface area contributed by atoms with Crippen LogP contribution in [0.1, 0.15) is 6.92 Å². The Labute approximate surface area is 87.2 Å². The fourth-order valence-corrected chi connectivity index (χ4v) is 0.886. The fourth-order valence-electron chi connectivity index (χ4n) is 0.886. The summed E-state index contributed by atoms with van der Waals surface area (Å²) in [4.78, 5) is 14.3. The Kier molecular flexibility index (Phi) is 3.09. The topological polar surface area (TPSA) is 50.9 Å². The molecule has 0 saturated heterocycles. The van der Waals surface area contributed by atoms with E-state index in [1.54, 1.807) is 0 Å². The third kappa shape index (κ3) is 2.85. The zero-order valence-electron chi connectivity index (χ0n) is 8.15. The zero-order chi connectivity index (χ0) is 11.4. The Morgan fingerprint density at radius 3 is 2.73 bits per heavy atom. The van der Waals surface area contributed by atoms with Crippen LogP contribution < -0.4 is 4.74 Å². The van der Waals surface area contributed by atoms with E-state index in [9.17, 15) is 9.90 Å². The molecule has 0 amide bonds. The number of carbonyl (C=O) groups is 1. The van der Waals surface area contributed by atoms with Crippen molar-refractivity contribution < 1.29 is 14.6 Å². The van der Waals surface area contributed by atoms with Gasteiger partial charge < -0.3 is 9.84 Å². The molecule has 0 aliphatic carbocycles. The zero-order valence-corrected chi connectivity index (χ0v) is 8.15. The van der Waals surface area contributed by atoms with Crippen molar-refractivity contribution >= 4 is 11.7 Å². The van der Waals surface area contributed by atoms with Gasteiger partial charge in [-0.25, -0.2) is 9.64 Å². The minimum Gasteiger partial charge on any atom is -0.509 e. The van der Waals surface area contributed by atoms with Crippen LogP contribution in [0.3, 0.4) is 0 Å². The molecule has 76 valence electrons. The van der Waals surface area contributed by atoms with Gasteiger partial charge >= 0.3 is 5.97 Å². The largest absolute Gasteiger partial charge is 0.509 e. The lowest BCUT2D eigenvalue weighted by atomic mass is 10.3. The Bertz CT molecular complexity index is 457. The number of carbonyl (C=O) groups excluding carboxylic acids is 1. The fraction of sp³-hybridized carbons (Fsp3) is 0.0909. The van der Waals surface area contributed by atoms with Crippen LogP contribution in [0, 0.1) is 6.57 Å². The van der Waals surface area contributed by atoms with Crippen LogP contribution in [0.25, 0.3) is 4.85 Å². The summed E-state index contributed by atoms with van der Waals surface area (Å²) in [6.07, 6.45) is 0. The van der Waals surface area contributed by atoms with Gasteiger partial charge in [0.2, 0.25) is 0 Å². The van der Waals surface area contributed by atoms with Crippen LogP contribution in [0.2, 0.25) is 0 Å². The molecule has 0 atom stereocenters. The molecule has 0 fully saturated rings. The van der Waals surface area contributed by atoms with Crippen LogP contribution in [0.5, 0.6) is 11.5 Å². The summed E-state index contributed by atoms with van der Waals surface area (Å²) in [5.74, 6) is -0.571. The summed E-state index contributed by atoms with van der Waals surface area (Å²) in [5.41, 5.74) is 0.460. The van der Waals surface area contributed by atoms with Crippen LogP contribution in [-0.4, -0.2) is 11.1 Å². The van der Waals surface area contributed by atoms with E-state index in [-0.39, 0.29) is 22.8 Å². The molecular weight excluding hydrogens is 194 g/mol. The number of nitrogens with zero attached hydrogens (tertiary/aromatic N) is 1. The molecule has 0 aliphatic rings. The molecule has 0 unspecified atom stereocenters. The maximum atomic E-state index is 11.1. The van der Waals surface area contributed by atoms with Gasteiger partial charge in [-0.1, -0.05) is 6.58 Å². The summed E-state index contributed by atoms with van der Waals surface area (Å²) >= 11 is 0. The standard InChI is InChI=1S/C11H9NO3/c1-7(2)11(14)15-10-5-8(12-3)4-9(13)6-10/h4-6,13H,1H2,2H3. The molecule has 0 aliphatic heterocycles. The molecule has 0 saturated carbocycles.